The summed E-state index contributed by atoms with van der Waals surface area (Å²) in [5, 5.41) is 3.10. The van der Waals surface area contributed by atoms with E-state index in [-0.39, 0.29) is 11.3 Å². The molecule has 0 saturated carbocycles. The monoisotopic (exact) mass is 275 g/mol. The first-order valence-electron chi connectivity index (χ1n) is 6.48. The summed E-state index contributed by atoms with van der Waals surface area (Å²) in [6, 6.07) is -0.0665. The van der Waals surface area contributed by atoms with Crippen molar-refractivity contribution in [3.63, 3.8) is 0 Å². The van der Waals surface area contributed by atoms with Gasteiger partial charge >= 0.3 is 6.03 Å². The Morgan fingerprint density at radius 2 is 1.94 bits per heavy atom. The van der Waals surface area contributed by atoms with Gasteiger partial charge in [-0.3, -0.25) is 0 Å². The van der Waals surface area contributed by atoms with Gasteiger partial charge in [0.15, 0.2) is 9.84 Å². The van der Waals surface area contributed by atoms with Crippen LogP contribution in [-0.2, 0) is 9.84 Å². The van der Waals surface area contributed by atoms with Crippen LogP contribution in [0.2, 0.25) is 0 Å². The van der Waals surface area contributed by atoms with Crippen molar-refractivity contribution in [1.82, 2.24) is 10.2 Å². The molecule has 2 amide bonds. The molecule has 7 heteroatoms. The number of likely N-dealkylation sites (tertiary alicyclic amines) is 1. The van der Waals surface area contributed by atoms with E-state index < -0.39 is 9.84 Å². The van der Waals surface area contributed by atoms with Crippen LogP contribution in [0.25, 0.3) is 0 Å². The highest BCUT2D eigenvalue weighted by atomic mass is 32.2. The fourth-order valence-electron chi connectivity index (χ4n) is 2.69. The molecule has 2 heterocycles. The van der Waals surface area contributed by atoms with E-state index in [2.05, 4.69) is 5.32 Å². The van der Waals surface area contributed by atoms with E-state index in [4.69, 9.17) is 5.73 Å². The van der Waals surface area contributed by atoms with Gasteiger partial charge in [-0.1, -0.05) is 0 Å². The van der Waals surface area contributed by atoms with Crippen LogP contribution in [0.5, 0.6) is 0 Å². The molecule has 104 valence electrons. The molecule has 1 unspecified atom stereocenters. The molecule has 6 nitrogen and oxygen atoms in total. The first-order chi connectivity index (χ1) is 8.49. The maximum atomic E-state index is 11.7. The maximum absolute atomic E-state index is 11.7. The fraction of sp³-hybridized carbons (Fsp3) is 0.909. The highest BCUT2D eigenvalue weighted by molar-refractivity contribution is 7.92. The number of primary amides is 1. The lowest BCUT2D eigenvalue weighted by Gasteiger charge is -2.31. The van der Waals surface area contributed by atoms with Crippen molar-refractivity contribution in [2.45, 2.75) is 37.0 Å². The van der Waals surface area contributed by atoms with E-state index >= 15 is 0 Å². The molecule has 2 aliphatic heterocycles. The summed E-state index contributed by atoms with van der Waals surface area (Å²) < 4.78 is 23.3. The number of nitrogens with zero attached hydrogens (tertiary/aromatic N) is 1. The lowest BCUT2D eigenvalue weighted by atomic mass is 10.1. The molecule has 0 aromatic carbocycles. The van der Waals surface area contributed by atoms with Crippen LogP contribution in [0.1, 0.15) is 25.7 Å². The van der Waals surface area contributed by atoms with Gasteiger partial charge in [-0.15, -0.1) is 0 Å². The third-order valence-corrected chi connectivity index (χ3v) is 6.18. The molecule has 18 heavy (non-hydrogen) atoms. The Morgan fingerprint density at radius 3 is 2.44 bits per heavy atom. The van der Waals surface area contributed by atoms with E-state index in [0.717, 1.165) is 25.7 Å². The Labute approximate surface area is 108 Å². The Kier molecular flexibility index (Phi) is 4.11. The number of carbonyl (C=O) groups is 1. The van der Waals surface area contributed by atoms with Crippen LogP contribution in [0, 0.1) is 0 Å². The van der Waals surface area contributed by atoms with Gasteiger partial charge in [-0.25, -0.2) is 13.2 Å². The number of hydrogen-bond acceptors (Lipinski definition) is 4. The van der Waals surface area contributed by atoms with Crippen LogP contribution in [0.3, 0.4) is 0 Å². The Morgan fingerprint density at radius 1 is 1.28 bits per heavy atom. The first-order valence-corrected chi connectivity index (χ1v) is 8.20. The molecule has 0 radical (unpaired) electrons. The van der Waals surface area contributed by atoms with E-state index in [1.807, 2.05) is 0 Å². The van der Waals surface area contributed by atoms with Crippen LogP contribution in [-0.4, -0.2) is 56.0 Å². The summed E-state index contributed by atoms with van der Waals surface area (Å²) in [7, 11) is -2.86. The van der Waals surface area contributed by atoms with Crippen LogP contribution >= 0.6 is 0 Å². The quantitative estimate of drug-likeness (QED) is 0.739. The summed E-state index contributed by atoms with van der Waals surface area (Å²) in [6.07, 6.45) is 3.25. The van der Waals surface area contributed by atoms with Crippen molar-refractivity contribution in [1.29, 1.82) is 0 Å². The third kappa shape index (κ3) is 3.14. The Hall–Kier alpha value is -0.820. The number of hydrogen-bond donors (Lipinski definition) is 2. The van der Waals surface area contributed by atoms with E-state index in [1.165, 1.54) is 0 Å². The molecule has 0 spiro atoms. The highest BCUT2D eigenvalue weighted by Gasteiger charge is 2.31. The lowest BCUT2D eigenvalue weighted by Crippen LogP contribution is -2.48. The van der Waals surface area contributed by atoms with Crippen molar-refractivity contribution < 1.29 is 13.2 Å². The van der Waals surface area contributed by atoms with Gasteiger partial charge in [0.05, 0.1) is 11.0 Å². The van der Waals surface area contributed by atoms with Crippen molar-refractivity contribution in [2.24, 2.45) is 5.73 Å². The first kappa shape index (κ1) is 13.6. The summed E-state index contributed by atoms with van der Waals surface area (Å²) in [5.41, 5.74) is 5.21. The standard InChI is InChI=1S/C11H21N3O3S/c12-11(15)14-5-3-9(4-6-14)13-8-10-2-1-7-18(10,16)17/h9-10,13H,1-8H2,(H2,12,15). The van der Waals surface area contributed by atoms with Gasteiger partial charge in [-0.2, -0.15) is 0 Å². The molecule has 2 rings (SSSR count). The van der Waals surface area contributed by atoms with Gasteiger partial charge in [0, 0.05) is 25.7 Å². The molecule has 1 atom stereocenters. The molecular formula is C11H21N3O3S. The number of carbonyl (C=O) groups excluding carboxylic acids is 1. The molecule has 2 saturated heterocycles. The number of piperidine rings is 1. The van der Waals surface area contributed by atoms with Gasteiger partial charge in [0.1, 0.15) is 0 Å². The minimum absolute atomic E-state index is 0.216. The number of urea groups is 1. The zero-order valence-electron chi connectivity index (χ0n) is 10.5. The van der Waals surface area contributed by atoms with Crippen molar-refractivity contribution in [3.8, 4) is 0 Å². The van der Waals surface area contributed by atoms with E-state index in [9.17, 15) is 13.2 Å². The summed E-state index contributed by atoms with van der Waals surface area (Å²) in [5.74, 6) is 0.333. The number of amides is 2. The number of nitrogens with one attached hydrogen (secondary N) is 1. The van der Waals surface area contributed by atoms with Crippen LogP contribution in [0.15, 0.2) is 0 Å². The highest BCUT2D eigenvalue weighted by Crippen LogP contribution is 2.20. The molecule has 0 bridgehead atoms. The predicted molar refractivity (Wildman–Crippen MR) is 69.0 cm³/mol. The average molecular weight is 275 g/mol. The molecule has 2 aliphatic rings. The minimum atomic E-state index is -2.86. The smallest absolute Gasteiger partial charge is 0.314 e. The molecular weight excluding hydrogens is 254 g/mol. The molecule has 3 N–H and O–H groups in total. The molecule has 0 aromatic rings. The molecule has 0 aromatic heterocycles. The summed E-state index contributed by atoms with van der Waals surface area (Å²) >= 11 is 0. The molecule has 0 aliphatic carbocycles. The number of sulfone groups is 1. The van der Waals surface area contributed by atoms with Gasteiger partial charge in [0.2, 0.25) is 0 Å². The number of nitrogens with two attached hydrogens (primary N) is 1. The second-order valence-corrected chi connectivity index (χ2v) is 7.54. The second kappa shape index (κ2) is 5.44. The lowest BCUT2D eigenvalue weighted by molar-refractivity contribution is 0.185. The fourth-order valence-corrected chi connectivity index (χ4v) is 4.47. The van der Waals surface area contributed by atoms with Crippen molar-refractivity contribution >= 4 is 15.9 Å². The van der Waals surface area contributed by atoms with Gasteiger partial charge in [-0.05, 0) is 25.7 Å². The maximum Gasteiger partial charge on any atom is 0.314 e. The Balaban J connectivity index is 1.74. The molecule has 2 fully saturated rings. The second-order valence-electron chi connectivity index (χ2n) is 5.14. The van der Waals surface area contributed by atoms with E-state index in [1.54, 1.807) is 4.90 Å². The minimum Gasteiger partial charge on any atom is -0.351 e. The average Bonchev–Trinajstić information content (AvgIpc) is 2.66. The number of rotatable bonds is 3. The zero-order chi connectivity index (χ0) is 13.2. The van der Waals surface area contributed by atoms with Crippen molar-refractivity contribution in [3.05, 3.63) is 0 Å². The summed E-state index contributed by atoms with van der Waals surface area (Å²) in [6.45, 7) is 1.86. The predicted octanol–water partition coefficient (Wildman–Crippen LogP) is -0.304. The SMILES string of the molecule is NC(=O)N1CCC(NCC2CCCS2(=O)=O)CC1. The largest absolute Gasteiger partial charge is 0.351 e. The Bertz CT molecular complexity index is 402. The van der Waals surface area contributed by atoms with E-state index in [0.29, 0.717) is 31.4 Å². The van der Waals surface area contributed by atoms with Crippen molar-refractivity contribution in [2.75, 3.05) is 25.4 Å². The van der Waals surface area contributed by atoms with Crippen LogP contribution < -0.4 is 11.1 Å². The normalized spacial score (nSPS) is 28.4. The van der Waals surface area contributed by atoms with Crippen LogP contribution in [0.4, 0.5) is 4.79 Å². The topological polar surface area (TPSA) is 92.5 Å². The third-order valence-electron chi connectivity index (χ3n) is 3.90. The van der Waals surface area contributed by atoms with Gasteiger partial charge < -0.3 is 16.0 Å². The van der Waals surface area contributed by atoms with Gasteiger partial charge in [0.25, 0.3) is 0 Å². The summed E-state index contributed by atoms with van der Waals surface area (Å²) in [4.78, 5) is 12.6. The zero-order valence-corrected chi connectivity index (χ0v) is 11.3.